The van der Waals surface area contributed by atoms with E-state index in [9.17, 15) is 4.79 Å². The second kappa shape index (κ2) is 6.96. The van der Waals surface area contributed by atoms with Gasteiger partial charge in [0.25, 0.3) is 0 Å². The Morgan fingerprint density at radius 1 is 1.29 bits per heavy atom. The highest BCUT2D eigenvalue weighted by atomic mass is 16.1. The molecule has 1 unspecified atom stereocenters. The summed E-state index contributed by atoms with van der Waals surface area (Å²) in [6.07, 6.45) is 4.14. The predicted octanol–water partition coefficient (Wildman–Crippen LogP) is 1.33. The molecule has 0 aromatic heterocycles. The minimum absolute atomic E-state index is 0.0321. The fraction of sp³-hybridized carbons (Fsp3) is 0.909. The maximum atomic E-state index is 10.5. The van der Waals surface area contributed by atoms with E-state index >= 15 is 0 Å². The summed E-state index contributed by atoms with van der Waals surface area (Å²) in [6, 6.07) is 0.0321. The van der Waals surface area contributed by atoms with E-state index in [4.69, 9.17) is 0 Å². The van der Waals surface area contributed by atoms with E-state index in [-0.39, 0.29) is 11.6 Å². The molecular formula is C11H24N2O. The Kier molecular flexibility index (Phi) is 6.75. The number of hydrogen-bond donors (Lipinski definition) is 2. The van der Waals surface area contributed by atoms with E-state index in [2.05, 4.69) is 31.4 Å². The van der Waals surface area contributed by atoms with Gasteiger partial charge >= 0.3 is 0 Å². The van der Waals surface area contributed by atoms with Gasteiger partial charge in [0.15, 0.2) is 0 Å². The van der Waals surface area contributed by atoms with Crippen molar-refractivity contribution >= 4 is 6.29 Å². The summed E-state index contributed by atoms with van der Waals surface area (Å²) in [5.41, 5.74) is 0.201. The zero-order valence-electron chi connectivity index (χ0n) is 9.89. The van der Waals surface area contributed by atoms with Gasteiger partial charge in [0.1, 0.15) is 6.29 Å². The van der Waals surface area contributed by atoms with Crippen molar-refractivity contribution < 1.29 is 4.79 Å². The highest BCUT2D eigenvalue weighted by Gasteiger charge is 2.07. The number of carbonyl (C=O) groups excluding carboxylic acids is 1. The van der Waals surface area contributed by atoms with Crippen LogP contribution in [0.25, 0.3) is 0 Å². The highest BCUT2D eigenvalue weighted by molar-refractivity contribution is 5.57. The van der Waals surface area contributed by atoms with Crippen LogP contribution in [-0.4, -0.2) is 31.5 Å². The molecule has 2 N–H and O–H groups in total. The molecule has 0 aromatic rings. The molecule has 0 aliphatic rings. The molecule has 3 heteroatoms. The van der Waals surface area contributed by atoms with Crippen molar-refractivity contribution in [1.82, 2.24) is 10.6 Å². The van der Waals surface area contributed by atoms with Gasteiger partial charge in [-0.3, -0.25) is 0 Å². The van der Waals surface area contributed by atoms with Gasteiger partial charge in [-0.2, -0.15) is 0 Å². The standard InChI is InChI=1S/C11H24N2O/c1-11(2,3)13-8-6-5-7-10(9-14)12-4/h9-10,12-13H,5-8H2,1-4H3. The summed E-state index contributed by atoms with van der Waals surface area (Å²) in [5, 5.41) is 6.39. The molecule has 0 radical (unpaired) electrons. The first kappa shape index (κ1) is 13.6. The Bertz CT molecular complexity index is 152. The summed E-state index contributed by atoms with van der Waals surface area (Å²) in [4.78, 5) is 10.5. The van der Waals surface area contributed by atoms with Gasteiger partial charge in [-0.1, -0.05) is 6.42 Å². The first-order chi connectivity index (χ1) is 6.49. The lowest BCUT2D eigenvalue weighted by molar-refractivity contribution is -0.109. The van der Waals surface area contributed by atoms with Crippen LogP contribution in [0.4, 0.5) is 0 Å². The normalized spacial score (nSPS) is 14.0. The first-order valence-electron chi connectivity index (χ1n) is 5.37. The van der Waals surface area contributed by atoms with Crippen molar-refractivity contribution in [1.29, 1.82) is 0 Å². The Balaban J connectivity index is 3.33. The number of likely N-dealkylation sites (N-methyl/N-ethyl adjacent to an activating group) is 1. The van der Waals surface area contributed by atoms with E-state index in [0.717, 1.165) is 32.1 Å². The van der Waals surface area contributed by atoms with Crippen LogP contribution < -0.4 is 10.6 Å². The molecule has 0 aromatic carbocycles. The highest BCUT2D eigenvalue weighted by Crippen LogP contribution is 2.01. The summed E-state index contributed by atoms with van der Waals surface area (Å²) >= 11 is 0. The lowest BCUT2D eigenvalue weighted by Crippen LogP contribution is -2.36. The molecule has 0 saturated heterocycles. The van der Waals surface area contributed by atoms with E-state index in [1.807, 2.05) is 7.05 Å². The van der Waals surface area contributed by atoms with Crippen molar-refractivity contribution in [3.8, 4) is 0 Å². The van der Waals surface area contributed by atoms with Gasteiger partial charge in [-0.15, -0.1) is 0 Å². The Morgan fingerprint density at radius 3 is 2.36 bits per heavy atom. The lowest BCUT2D eigenvalue weighted by Gasteiger charge is -2.20. The molecule has 0 amide bonds. The third-order valence-electron chi connectivity index (χ3n) is 2.13. The van der Waals surface area contributed by atoms with Gasteiger partial charge in [-0.05, 0) is 47.2 Å². The number of hydrogen-bond acceptors (Lipinski definition) is 3. The summed E-state index contributed by atoms with van der Waals surface area (Å²) in [5.74, 6) is 0. The van der Waals surface area contributed by atoms with Gasteiger partial charge in [0, 0.05) is 5.54 Å². The molecule has 3 nitrogen and oxygen atoms in total. The quantitative estimate of drug-likeness (QED) is 0.481. The van der Waals surface area contributed by atoms with Gasteiger partial charge in [0.2, 0.25) is 0 Å². The minimum atomic E-state index is 0.0321. The molecule has 0 spiro atoms. The Hall–Kier alpha value is -0.410. The maximum absolute atomic E-state index is 10.5. The molecule has 0 heterocycles. The average molecular weight is 200 g/mol. The molecule has 0 bridgehead atoms. The van der Waals surface area contributed by atoms with Crippen LogP contribution in [0.5, 0.6) is 0 Å². The molecule has 1 atom stereocenters. The molecule has 0 rings (SSSR count). The fourth-order valence-corrected chi connectivity index (χ4v) is 1.23. The molecular weight excluding hydrogens is 176 g/mol. The molecule has 0 fully saturated rings. The van der Waals surface area contributed by atoms with Crippen molar-refractivity contribution in [2.24, 2.45) is 0 Å². The smallest absolute Gasteiger partial charge is 0.136 e. The van der Waals surface area contributed by atoms with Crippen LogP contribution in [0.1, 0.15) is 40.0 Å². The number of nitrogens with one attached hydrogen (secondary N) is 2. The number of aldehydes is 1. The lowest BCUT2D eigenvalue weighted by atomic mass is 10.1. The van der Waals surface area contributed by atoms with Crippen LogP contribution in [0.15, 0.2) is 0 Å². The predicted molar refractivity (Wildman–Crippen MR) is 60.5 cm³/mol. The van der Waals surface area contributed by atoms with E-state index < -0.39 is 0 Å². The first-order valence-corrected chi connectivity index (χ1v) is 5.37. The molecule has 0 aliphatic heterocycles. The van der Waals surface area contributed by atoms with E-state index in [1.54, 1.807) is 0 Å². The monoisotopic (exact) mass is 200 g/mol. The summed E-state index contributed by atoms with van der Waals surface area (Å²) in [7, 11) is 1.83. The molecule has 0 aliphatic carbocycles. The SMILES string of the molecule is CNC(C=O)CCCCNC(C)(C)C. The third kappa shape index (κ3) is 8.20. The van der Waals surface area contributed by atoms with Gasteiger partial charge in [-0.25, -0.2) is 0 Å². The topological polar surface area (TPSA) is 41.1 Å². The molecule has 14 heavy (non-hydrogen) atoms. The number of rotatable bonds is 7. The fourth-order valence-electron chi connectivity index (χ4n) is 1.23. The molecule has 84 valence electrons. The van der Waals surface area contributed by atoms with Crippen molar-refractivity contribution in [3.05, 3.63) is 0 Å². The summed E-state index contributed by atoms with van der Waals surface area (Å²) < 4.78 is 0. The maximum Gasteiger partial charge on any atom is 0.136 e. The van der Waals surface area contributed by atoms with Crippen LogP contribution in [0, 0.1) is 0 Å². The van der Waals surface area contributed by atoms with Crippen molar-refractivity contribution in [2.75, 3.05) is 13.6 Å². The average Bonchev–Trinajstić information content (AvgIpc) is 2.09. The van der Waals surface area contributed by atoms with Crippen LogP contribution >= 0.6 is 0 Å². The van der Waals surface area contributed by atoms with Crippen LogP contribution in [0.2, 0.25) is 0 Å². The van der Waals surface area contributed by atoms with Crippen molar-refractivity contribution in [2.45, 2.75) is 51.6 Å². The number of unbranched alkanes of at least 4 members (excludes halogenated alkanes) is 1. The van der Waals surface area contributed by atoms with Crippen LogP contribution in [-0.2, 0) is 4.79 Å². The van der Waals surface area contributed by atoms with E-state index in [1.165, 1.54) is 0 Å². The molecule has 0 saturated carbocycles. The second-order valence-corrected chi connectivity index (χ2v) is 4.70. The zero-order chi connectivity index (χ0) is 11.0. The second-order valence-electron chi connectivity index (χ2n) is 4.70. The third-order valence-corrected chi connectivity index (χ3v) is 2.13. The summed E-state index contributed by atoms with van der Waals surface area (Å²) in [6.45, 7) is 7.51. The Morgan fingerprint density at radius 2 is 1.93 bits per heavy atom. The van der Waals surface area contributed by atoms with Gasteiger partial charge in [0.05, 0.1) is 6.04 Å². The zero-order valence-corrected chi connectivity index (χ0v) is 9.89. The van der Waals surface area contributed by atoms with Crippen molar-refractivity contribution in [3.63, 3.8) is 0 Å². The largest absolute Gasteiger partial charge is 0.312 e. The van der Waals surface area contributed by atoms with Crippen LogP contribution in [0.3, 0.4) is 0 Å². The van der Waals surface area contributed by atoms with E-state index in [0.29, 0.717) is 0 Å². The minimum Gasteiger partial charge on any atom is -0.312 e. The van der Waals surface area contributed by atoms with Gasteiger partial charge < -0.3 is 15.4 Å². The number of carbonyl (C=O) groups is 1. The Labute approximate surface area is 87.6 Å².